The predicted octanol–water partition coefficient (Wildman–Crippen LogP) is 4.96. The fourth-order valence-corrected chi connectivity index (χ4v) is 3.39. The molecule has 1 heterocycles. The number of benzene rings is 2. The second-order valence-electron chi connectivity index (χ2n) is 5.39. The molecule has 8 heteroatoms. The van der Waals surface area contributed by atoms with Gasteiger partial charge in [-0.15, -0.1) is 0 Å². The number of carbonyl (C=O) groups excluding carboxylic acids is 2. The number of nitrogens with zero attached hydrogens (tertiary/aromatic N) is 1. The van der Waals surface area contributed by atoms with Gasteiger partial charge in [-0.2, -0.15) is 0 Å². The third-order valence-electron chi connectivity index (χ3n) is 3.60. The van der Waals surface area contributed by atoms with Gasteiger partial charge in [-0.25, -0.2) is 4.21 Å². The molecule has 2 aromatic carbocycles. The van der Waals surface area contributed by atoms with E-state index in [4.69, 9.17) is 23.2 Å². The van der Waals surface area contributed by atoms with Crippen LogP contribution in [0.2, 0.25) is 10.0 Å². The number of anilines is 1. The van der Waals surface area contributed by atoms with E-state index in [0.29, 0.717) is 20.5 Å². The van der Waals surface area contributed by atoms with Gasteiger partial charge in [0.1, 0.15) is 10.8 Å². The van der Waals surface area contributed by atoms with Gasteiger partial charge in [0.2, 0.25) is 0 Å². The zero-order valence-electron chi connectivity index (χ0n) is 13.7. The van der Waals surface area contributed by atoms with E-state index in [0.717, 1.165) is 0 Å². The minimum absolute atomic E-state index is 0.190. The van der Waals surface area contributed by atoms with Gasteiger partial charge in [-0.05, 0) is 54.6 Å². The summed E-state index contributed by atoms with van der Waals surface area (Å²) in [6.07, 6.45) is 2.98. The van der Waals surface area contributed by atoms with Gasteiger partial charge < -0.3 is 5.32 Å². The summed E-state index contributed by atoms with van der Waals surface area (Å²) < 4.78 is 12.4. The van der Waals surface area contributed by atoms with E-state index in [1.807, 2.05) is 0 Å². The molecule has 5 nitrogen and oxygen atoms in total. The van der Waals surface area contributed by atoms with E-state index in [1.165, 1.54) is 42.7 Å². The first-order chi connectivity index (χ1) is 13.0. The van der Waals surface area contributed by atoms with Crippen molar-refractivity contribution in [1.82, 2.24) is 4.98 Å². The average molecular weight is 419 g/mol. The minimum Gasteiger partial charge on any atom is -0.314 e. The van der Waals surface area contributed by atoms with Crippen LogP contribution >= 0.6 is 23.2 Å². The van der Waals surface area contributed by atoms with E-state index in [-0.39, 0.29) is 17.0 Å². The van der Waals surface area contributed by atoms with Crippen molar-refractivity contribution in [3.8, 4) is 0 Å². The molecule has 1 N–H and O–H groups in total. The Labute approximate surface area is 167 Å². The van der Waals surface area contributed by atoms with Crippen molar-refractivity contribution in [2.24, 2.45) is 0 Å². The first-order valence-corrected chi connectivity index (χ1v) is 9.59. The summed E-state index contributed by atoms with van der Waals surface area (Å²) in [6, 6.07) is 13.7. The SMILES string of the molecule is O=C(c1ccncc1)c1cc(Cl)ccc1NC(=O)S(=O)c1ccc(Cl)cc1. The number of rotatable bonds is 4. The standard InChI is InChI=1S/C19H12Cl2N2O3S/c20-13-1-4-15(5-2-13)27(26)19(25)23-17-6-3-14(21)11-16(17)18(24)12-7-9-22-10-8-12/h1-11H,(H,23,25). The molecule has 1 amide bonds. The lowest BCUT2D eigenvalue weighted by Crippen LogP contribution is -2.18. The number of nitrogens with one attached hydrogen (secondary N) is 1. The second-order valence-corrected chi connectivity index (χ2v) is 7.64. The smallest absolute Gasteiger partial charge is 0.314 e. The summed E-state index contributed by atoms with van der Waals surface area (Å²) in [5.41, 5.74) is 0.797. The maximum absolute atomic E-state index is 12.7. The van der Waals surface area contributed by atoms with Crippen molar-refractivity contribution in [2.45, 2.75) is 4.90 Å². The normalized spacial score (nSPS) is 11.6. The zero-order chi connectivity index (χ0) is 19.4. The Morgan fingerprint density at radius 3 is 2.19 bits per heavy atom. The Kier molecular flexibility index (Phi) is 6.01. The quantitative estimate of drug-likeness (QED) is 0.607. The van der Waals surface area contributed by atoms with Crippen LogP contribution in [0.15, 0.2) is 71.9 Å². The van der Waals surface area contributed by atoms with Gasteiger partial charge in [0.25, 0.3) is 0 Å². The maximum Gasteiger partial charge on any atom is 0.318 e. The Balaban J connectivity index is 1.88. The average Bonchev–Trinajstić information content (AvgIpc) is 2.69. The third kappa shape index (κ3) is 4.60. The van der Waals surface area contributed by atoms with Gasteiger partial charge in [0.05, 0.1) is 5.69 Å². The van der Waals surface area contributed by atoms with Crippen molar-refractivity contribution in [2.75, 3.05) is 5.32 Å². The van der Waals surface area contributed by atoms with Crippen LogP contribution in [0.1, 0.15) is 15.9 Å². The van der Waals surface area contributed by atoms with Crippen LogP contribution in [0.4, 0.5) is 10.5 Å². The number of pyridine rings is 1. The Hall–Kier alpha value is -2.54. The molecule has 0 spiro atoms. The molecule has 0 saturated carbocycles. The second kappa shape index (κ2) is 8.43. The van der Waals surface area contributed by atoms with E-state index >= 15 is 0 Å². The van der Waals surface area contributed by atoms with E-state index < -0.39 is 16.0 Å². The molecule has 0 fully saturated rings. The van der Waals surface area contributed by atoms with Crippen LogP contribution in [0.5, 0.6) is 0 Å². The summed E-state index contributed by atoms with van der Waals surface area (Å²) in [6.45, 7) is 0. The molecule has 1 unspecified atom stereocenters. The summed E-state index contributed by atoms with van der Waals surface area (Å²) in [5, 5.41) is 2.58. The fourth-order valence-electron chi connectivity index (χ4n) is 2.29. The molecule has 0 radical (unpaired) electrons. The maximum atomic E-state index is 12.7. The Morgan fingerprint density at radius 2 is 1.52 bits per heavy atom. The van der Waals surface area contributed by atoms with Crippen molar-refractivity contribution >= 4 is 50.7 Å². The highest BCUT2D eigenvalue weighted by molar-refractivity contribution is 8.00. The van der Waals surface area contributed by atoms with Crippen molar-refractivity contribution in [3.63, 3.8) is 0 Å². The lowest BCUT2D eigenvalue weighted by molar-refractivity contribution is 0.103. The van der Waals surface area contributed by atoms with Gasteiger partial charge >= 0.3 is 5.24 Å². The van der Waals surface area contributed by atoms with Crippen LogP contribution in [-0.4, -0.2) is 20.2 Å². The summed E-state index contributed by atoms with van der Waals surface area (Å²) in [7, 11) is -1.97. The topological polar surface area (TPSA) is 76.1 Å². The molecule has 27 heavy (non-hydrogen) atoms. The number of amides is 1. The summed E-state index contributed by atoms with van der Waals surface area (Å²) in [4.78, 5) is 29.3. The molecule has 0 saturated heterocycles. The molecule has 3 rings (SSSR count). The molecule has 0 aliphatic rings. The largest absolute Gasteiger partial charge is 0.318 e. The van der Waals surface area contributed by atoms with Crippen LogP contribution in [0.25, 0.3) is 0 Å². The van der Waals surface area contributed by atoms with Gasteiger partial charge in [-0.1, -0.05) is 23.2 Å². The van der Waals surface area contributed by atoms with E-state index in [1.54, 1.807) is 24.3 Å². The predicted molar refractivity (Wildman–Crippen MR) is 106 cm³/mol. The van der Waals surface area contributed by atoms with Gasteiger partial charge in [0, 0.05) is 38.5 Å². The number of hydrogen-bond acceptors (Lipinski definition) is 4. The van der Waals surface area contributed by atoms with Crippen LogP contribution in [0, 0.1) is 0 Å². The summed E-state index contributed by atoms with van der Waals surface area (Å²) in [5.74, 6) is -0.340. The number of carbonyl (C=O) groups is 2. The number of ketones is 1. The molecular weight excluding hydrogens is 407 g/mol. The van der Waals surface area contributed by atoms with E-state index in [9.17, 15) is 13.8 Å². The van der Waals surface area contributed by atoms with Gasteiger partial charge in [0.15, 0.2) is 5.78 Å². The zero-order valence-corrected chi connectivity index (χ0v) is 16.0. The lowest BCUT2D eigenvalue weighted by Gasteiger charge is -2.11. The molecule has 0 aliphatic carbocycles. The van der Waals surface area contributed by atoms with E-state index in [2.05, 4.69) is 10.3 Å². The number of halogens is 2. The van der Waals surface area contributed by atoms with Crippen LogP contribution in [-0.2, 0) is 10.8 Å². The highest BCUT2D eigenvalue weighted by Crippen LogP contribution is 2.24. The molecule has 1 atom stereocenters. The Morgan fingerprint density at radius 1 is 0.889 bits per heavy atom. The summed E-state index contributed by atoms with van der Waals surface area (Å²) >= 11 is 11.8. The minimum atomic E-state index is -1.97. The molecule has 1 aromatic heterocycles. The van der Waals surface area contributed by atoms with Crippen LogP contribution < -0.4 is 5.32 Å². The van der Waals surface area contributed by atoms with Crippen LogP contribution in [0.3, 0.4) is 0 Å². The first kappa shape index (κ1) is 19.2. The molecule has 0 bridgehead atoms. The van der Waals surface area contributed by atoms with Crippen molar-refractivity contribution < 1.29 is 13.8 Å². The highest BCUT2D eigenvalue weighted by atomic mass is 35.5. The monoisotopic (exact) mass is 418 g/mol. The lowest BCUT2D eigenvalue weighted by atomic mass is 10.0. The molecular formula is C19H12Cl2N2O3S. The fraction of sp³-hybridized carbons (Fsp3) is 0. The molecule has 136 valence electrons. The molecule has 3 aromatic rings. The van der Waals surface area contributed by atoms with Crippen molar-refractivity contribution in [1.29, 1.82) is 0 Å². The highest BCUT2D eigenvalue weighted by Gasteiger charge is 2.19. The van der Waals surface area contributed by atoms with Crippen molar-refractivity contribution in [3.05, 3.63) is 88.2 Å². The number of hydrogen-bond donors (Lipinski definition) is 1. The Bertz CT molecular complexity index is 1020. The first-order valence-electron chi connectivity index (χ1n) is 7.68. The number of aromatic nitrogens is 1. The molecule has 0 aliphatic heterocycles. The third-order valence-corrected chi connectivity index (χ3v) is 5.23. The van der Waals surface area contributed by atoms with Gasteiger partial charge in [-0.3, -0.25) is 14.6 Å².